The van der Waals surface area contributed by atoms with Crippen LogP contribution in [0.15, 0.2) is 24.3 Å². The summed E-state index contributed by atoms with van der Waals surface area (Å²) in [6.45, 7) is 7.05. The number of para-hydroxylation sites is 2. The van der Waals surface area contributed by atoms with E-state index in [4.69, 9.17) is 4.74 Å². The van der Waals surface area contributed by atoms with E-state index in [-0.39, 0.29) is 18.4 Å². The number of rotatable bonds is 6. The SMILES string of the molecule is CCCNC(=O)CN(C(C)=O)c1ccccc1N1CCOCC1. The first-order chi connectivity index (χ1) is 11.1. The van der Waals surface area contributed by atoms with Crippen LogP contribution in [0.3, 0.4) is 0 Å². The minimum Gasteiger partial charge on any atom is -0.378 e. The summed E-state index contributed by atoms with van der Waals surface area (Å²) in [5.41, 5.74) is 1.74. The van der Waals surface area contributed by atoms with E-state index in [0.29, 0.717) is 19.8 Å². The zero-order chi connectivity index (χ0) is 16.7. The molecule has 1 heterocycles. The predicted molar refractivity (Wildman–Crippen MR) is 90.8 cm³/mol. The highest BCUT2D eigenvalue weighted by molar-refractivity contribution is 6.00. The molecule has 1 N–H and O–H groups in total. The molecule has 23 heavy (non-hydrogen) atoms. The molecule has 1 saturated heterocycles. The van der Waals surface area contributed by atoms with Crippen LogP contribution in [-0.2, 0) is 14.3 Å². The molecule has 1 aromatic carbocycles. The number of carbonyl (C=O) groups is 2. The smallest absolute Gasteiger partial charge is 0.240 e. The van der Waals surface area contributed by atoms with E-state index in [1.54, 1.807) is 0 Å². The Kier molecular flexibility index (Phi) is 6.40. The number of carbonyl (C=O) groups excluding carboxylic acids is 2. The maximum atomic E-state index is 12.1. The highest BCUT2D eigenvalue weighted by Crippen LogP contribution is 2.29. The molecule has 0 aliphatic carbocycles. The molecular weight excluding hydrogens is 294 g/mol. The second-order valence-electron chi connectivity index (χ2n) is 5.54. The maximum absolute atomic E-state index is 12.1. The second-order valence-corrected chi connectivity index (χ2v) is 5.54. The molecule has 0 radical (unpaired) electrons. The van der Waals surface area contributed by atoms with Gasteiger partial charge in [0.15, 0.2) is 0 Å². The minimum atomic E-state index is -0.141. The molecule has 0 unspecified atom stereocenters. The van der Waals surface area contributed by atoms with Crippen molar-refractivity contribution in [3.63, 3.8) is 0 Å². The lowest BCUT2D eigenvalue weighted by molar-refractivity contribution is -0.123. The van der Waals surface area contributed by atoms with Gasteiger partial charge in [-0.15, -0.1) is 0 Å². The molecule has 2 rings (SSSR count). The Bertz CT molecular complexity index is 542. The first kappa shape index (κ1) is 17.3. The summed E-state index contributed by atoms with van der Waals surface area (Å²) < 4.78 is 5.39. The van der Waals surface area contributed by atoms with Crippen LogP contribution in [0.2, 0.25) is 0 Å². The molecule has 6 heteroatoms. The summed E-state index contributed by atoms with van der Waals surface area (Å²) in [5, 5.41) is 2.82. The number of amides is 2. The zero-order valence-corrected chi connectivity index (χ0v) is 13.9. The molecule has 0 atom stereocenters. The van der Waals surface area contributed by atoms with Crippen molar-refractivity contribution in [2.45, 2.75) is 20.3 Å². The topological polar surface area (TPSA) is 61.9 Å². The van der Waals surface area contributed by atoms with Crippen LogP contribution in [0.25, 0.3) is 0 Å². The number of hydrogen-bond donors (Lipinski definition) is 1. The van der Waals surface area contributed by atoms with Crippen LogP contribution in [0.4, 0.5) is 11.4 Å². The normalized spacial score (nSPS) is 14.4. The van der Waals surface area contributed by atoms with Gasteiger partial charge in [-0.25, -0.2) is 0 Å². The predicted octanol–water partition coefficient (Wildman–Crippen LogP) is 1.40. The van der Waals surface area contributed by atoms with Crippen molar-refractivity contribution in [2.75, 3.05) is 49.2 Å². The monoisotopic (exact) mass is 319 g/mol. The molecule has 1 aromatic rings. The van der Waals surface area contributed by atoms with Crippen LogP contribution in [0.1, 0.15) is 20.3 Å². The van der Waals surface area contributed by atoms with Gasteiger partial charge >= 0.3 is 0 Å². The van der Waals surface area contributed by atoms with Gasteiger partial charge in [0.25, 0.3) is 0 Å². The van der Waals surface area contributed by atoms with Crippen molar-refractivity contribution in [2.24, 2.45) is 0 Å². The lowest BCUT2D eigenvalue weighted by Gasteiger charge is -2.33. The Morgan fingerprint density at radius 2 is 1.96 bits per heavy atom. The maximum Gasteiger partial charge on any atom is 0.240 e. The van der Waals surface area contributed by atoms with E-state index >= 15 is 0 Å². The molecule has 0 aromatic heterocycles. The van der Waals surface area contributed by atoms with E-state index in [2.05, 4.69) is 10.2 Å². The number of nitrogens with zero attached hydrogens (tertiary/aromatic N) is 2. The Morgan fingerprint density at radius 1 is 1.26 bits per heavy atom. The molecule has 6 nitrogen and oxygen atoms in total. The summed E-state index contributed by atoms with van der Waals surface area (Å²) in [6.07, 6.45) is 0.871. The van der Waals surface area contributed by atoms with Crippen LogP contribution in [-0.4, -0.2) is 51.2 Å². The van der Waals surface area contributed by atoms with Crippen molar-refractivity contribution in [3.8, 4) is 0 Å². The molecule has 1 aliphatic heterocycles. The van der Waals surface area contributed by atoms with Crippen LogP contribution >= 0.6 is 0 Å². The number of hydrogen-bond acceptors (Lipinski definition) is 4. The molecule has 1 aliphatic rings. The summed E-state index contributed by atoms with van der Waals surface area (Å²) in [7, 11) is 0. The van der Waals surface area contributed by atoms with E-state index < -0.39 is 0 Å². The molecule has 0 spiro atoms. The fourth-order valence-electron chi connectivity index (χ4n) is 2.59. The standard InChI is InChI=1S/C17H25N3O3/c1-3-8-18-17(22)13-20(14(2)21)16-7-5-4-6-15(16)19-9-11-23-12-10-19/h4-7H,3,8-13H2,1-2H3,(H,18,22). The van der Waals surface area contributed by atoms with Gasteiger partial charge in [0.05, 0.1) is 24.6 Å². The average Bonchev–Trinajstić information content (AvgIpc) is 2.58. The number of nitrogens with one attached hydrogen (secondary N) is 1. The van der Waals surface area contributed by atoms with Crippen LogP contribution in [0, 0.1) is 0 Å². The van der Waals surface area contributed by atoms with Crippen molar-refractivity contribution < 1.29 is 14.3 Å². The summed E-state index contributed by atoms with van der Waals surface area (Å²) in [6, 6.07) is 7.71. The third-order valence-electron chi connectivity index (χ3n) is 3.78. The first-order valence-corrected chi connectivity index (χ1v) is 8.10. The lowest BCUT2D eigenvalue weighted by atomic mass is 10.2. The highest BCUT2D eigenvalue weighted by Gasteiger charge is 2.22. The fraction of sp³-hybridized carbons (Fsp3) is 0.529. The molecule has 126 valence electrons. The molecule has 0 saturated carbocycles. The molecular formula is C17H25N3O3. The Morgan fingerprint density at radius 3 is 2.61 bits per heavy atom. The highest BCUT2D eigenvalue weighted by atomic mass is 16.5. The van der Waals surface area contributed by atoms with Crippen molar-refractivity contribution >= 4 is 23.2 Å². The summed E-state index contributed by atoms with van der Waals surface area (Å²) >= 11 is 0. The van der Waals surface area contributed by atoms with E-state index in [9.17, 15) is 9.59 Å². The Balaban J connectivity index is 2.21. The van der Waals surface area contributed by atoms with E-state index in [0.717, 1.165) is 30.9 Å². The Hall–Kier alpha value is -2.08. The van der Waals surface area contributed by atoms with Crippen LogP contribution in [0.5, 0.6) is 0 Å². The molecule has 0 bridgehead atoms. The first-order valence-electron chi connectivity index (χ1n) is 8.10. The molecule has 2 amide bonds. The van der Waals surface area contributed by atoms with Crippen molar-refractivity contribution in [3.05, 3.63) is 24.3 Å². The largest absolute Gasteiger partial charge is 0.378 e. The number of ether oxygens (including phenoxy) is 1. The van der Waals surface area contributed by atoms with E-state index in [1.807, 2.05) is 31.2 Å². The van der Waals surface area contributed by atoms with Gasteiger partial charge in [0.2, 0.25) is 11.8 Å². The lowest BCUT2D eigenvalue weighted by Crippen LogP contribution is -2.42. The van der Waals surface area contributed by atoms with Gasteiger partial charge in [0, 0.05) is 26.6 Å². The quantitative estimate of drug-likeness (QED) is 0.861. The van der Waals surface area contributed by atoms with Gasteiger partial charge < -0.3 is 19.9 Å². The van der Waals surface area contributed by atoms with Gasteiger partial charge in [0.1, 0.15) is 6.54 Å². The Labute approximate surface area is 137 Å². The summed E-state index contributed by atoms with van der Waals surface area (Å²) in [5.74, 6) is -0.281. The minimum absolute atomic E-state index is 0.0384. The molecule has 1 fully saturated rings. The van der Waals surface area contributed by atoms with Gasteiger partial charge in [-0.05, 0) is 18.6 Å². The number of anilines is 2. The van der Waals surface area contributed by atoms with E-state index in [1.165, 1.54) is 11.8 Å². The number of benzene rings is 1. The number of morpholine rings is 1. The van der Waals surface area contributed by atoms with Gasteiger partial charge in [-0.2, -0.15) is 0 Å². The van der Waals surface area contributed by atoms with Crippen LogP contribution < -0.4 is 15.1 Å². The van der Waals surface area contributed by atoms with Gasteiger partial charge in [-0.3, -0.25) is 9.59 Å². The third-order valence-corrected chi connectivity index (χ3v) is 3.78. The zero-order valence-electron chi connectivity index (χ0n) is 13.9. The third kappa shape index (κ3) is 4.69. The van der Waals surface area contributed by atoms with Crippen molar-refractivity contribution in [1.82, 2.24) is 5.32 Å². The van der Waals surface area contributed by atoms with Gasteiger partial charge in [-0.1, -0.05) is 19.1 Å². The summed E-state index contributed by atoms with van der Waals surface area (Å²) in [4.78, 5) is 27.9. The van der Waals surface area contributed by atoms with Crippen molar-refractivity contribution in [1.29, 1.82) is 0 Å². The fourth-order valence-corrected chi connectivity index (χ4v) is 2.59. The average molecular weight is 319 g/mol. The second kappa shape index (κ2) is 8.53.